The van der Waals surface area contributed by atoms with Crippen molar-refractivity contribution in [1.82, 2.24) is 4.90 Å². The van der Waals surface area contributed by atoms with Crippen molar-refractivity contribution in [3.05, 3.63) is 24.3 Å². The monoisotopic (exact) mass is 293 g/mol. The van der Waals surface area contributed by atoms with Gasteiger partial charge >= 0.3 is 0 Å². The van der Waals surface area contributed by atoms with Gasteiger partial charge in [0, 0.05) is 18.7 Å². The van der Waals surface area contributed by atoms with Gasteiger partial charge in [-0.2, -0.15) is 0 Å². The molecule has 0 bridgehead atoms. The van der Waals surface area contributed by atoms with Crippen molar-refractivity contribution in [3.8, 4) is 5.75 Å². The molecular formula is C16H27N3O2. The van der Waals surface area contributed by atoms with Crippen molar-refractivity contribution in [2.24, 2.45) is 5.73 Å². The van der Waals surface area contributed by atoms with Crippen molar-refractivity contribution in [3.63, 3.8) is 0 Å². The molecule has 0 radical (unpaired) electrons. The summed E-state index contributed by atoms with van der Waals surface area (Å²) < 4.78 is 5.60. The SMILES string of the molecule is CN(C)CCOc1ccc(NC(=O)CCCCCN)cc1. The molecule has 0 aliphatic heterocycles. The molecule has 0 heterocycles. The fourth-order valence-corrected chi connectivity index (χ4v) is 1.81. The number of hydrogen-bond donors (Lipinski definition) is 2. The number of amides is 1. The Bertz CT molecular complexity index is 404. The van der Waals surface area contributed by atoms with E-state index < -0.39 is 0 Å². The number of nitrogens with two attached hydrogens (primary N) is 1. The van der Waals surface area contributed by atoms with E-state index in [0.717, 1.165) is 37.2 Å². The third-order valence-electron chi connectivity index (χ3n) is 3.05. The molecule has 0 saturated heterocycles. The van der Waals surface area contributed by atoms with Crippen molar-refractivity contribution in [2.45, 2.75) is 25.7 Å². The summed E-state index contributed by atoms with van der Waals surface area (Å²) in [6.45, 7) is 2.22. The standard InChI is InChI=1S/C16H27N3O2/c1-19(2)12-13-21-15-9-7-14(8-10-15)18-16(20)6-4-3-5-11-17/h7-10H,3-6,11-13,17H2,1-2H3,(H,18,20). The third-order valence-corrected chi connectivity index (χ3v) is 3.05. The number of ether oxygens (including phenoxy) is 1. The molecule has 0 fully saturated rings. The molecule has 1 aromatic rings. The Morgan fingerprint density at radius 2 is 1.90 bits per heavy atom. The van der Waals surface area contributed by atoms with E-state index in [-0.39, 0.29) is 5.91 Å². The van der Waals surface area contributed by atoms with E-state index in [2.05, 4.69) is 10.2 Å². The average molecular weight is 293 g/mol. The van der Waals surface area contributed by atoms with E-state index in [0.29, 0.717) is 19.6 Å². The lowest BCUT2D eigenvalue weighted by atomic mass is 10.2. The molecule has 0 aromatic heterocycles. The van der Waals surface area contributed by atoms with Gasteiger partial charge in [-0.05, 0) is 57.7 Å². The predicted molar refractivity (Wildman–Crippen MR) is 86.6 cm³/mol. The Morgan fingerprint density at radius 3 is 2.52 bits per heavy atom. The quantitative estimate of drug-likeness (QED) is 0.648. The molecular weight excluding hydrogens is 266 g/mol. The van der Waals surface area contributed by atoms with Crippen LogP contribution in [0.25, 0.3) is 0 Å². The summed E-state index contributed by atoms with van der Waals surface area (Å²) in [5, 5.41) is 2.89. The minimum absolute atomic E-state index is 0.0493. The summed E-state index contributed by atoms with van der Waals surface area (Å²) in [7, 11) is 4.02. The number of benzene rings is 1. The van der Waals surface area contributed by atoms with Gasteiger partial charge in [0.2, 0.25) is 5.91 Å². The van der Waals surface area contributed by atoms with Gasteiger partial charge in [0.15, 0.2) is 0 Å². The van der Waals surface area contributed by atoms with Crippen LogP contribution in [0.4, 0.5) is 5.69 Å². The highest BCUT2D eigenvalue weighted by atomic mass is 16.5. The molecule has 118 valence electrons. The molecule has 5 heteroatoms. The Hall–Kier alpha value is -1.59. The normalized spacial score (nSPS) is 10.7. The summed E-state index contributed by atoms with van der Waals surface area (Å²) in [6, 6.07) is 7.48. The van der Waals surface area contributed by atoms with E-state index in [1.54, 1.807) is 0 Å². The summed E-state index contributed by atoms with van der Waals surface area (Å²) in [4.78, 5) is 13.8. The van der Waals surface area contributed by atoms with Crippen LogP contribution in [0.3, 0.4) is 0 Å². The van der Waals surface area contributed by atoms with Gasteiger partial charge in [-0.1, -0.05) is 6.42 Å². The van der Waals surface area contributed by atoms with Crippen LogP contribution < -0.4 is 15.8 Å². The van der Waals surface area contributed by atoms with Gasteiger partial charge in [0.05, 0.1) is 0 Å². The lowest BCUT2D eigenvalue weighted by Crippen LogP contribution is -2.19. The number of rotatable bonds is 10. The maximum Gasteiger partial charge on any atom is 0.224 e. The highest BCUT2D eigenvalue weighted by Gasteiger charge is 2.02. The van der Waals surface area contributed by atoms with Crippen LogP contribution >= 0.6 is 0 Å². The summed E-state index contributed by atoms with van der Waals surface area (Å²) in [5.74, 6) is 0.867. The predicted octanol–water partition coefficient (Wildman–Crippen LogP) is 2.08. The first kappa shape index (κ1) is 17.5. The molecule has 0 aliphatic rings. The molecule has 1 amide bonds. The molecule has 1 rings (SSSR count). The molecule has 5 nitrogen and oxygen atoms in total. The molecule has 0 spiro atoms. The number of nitrogens with zero attached hydrogens (tertiary/aromatic N) is 1. The van der Waals surface area contributed by atoms with Gasteiger partial charge in [-0.15, -0.1) is 0 Å². The van der Waals surface area contributed by atoms with Gasteiger partial charge in [0.25, 0.3) is 0 Å². The van der Waals surface area contributed by atoms with Crippen LogP contribution in [0, 0.1) is 0 Å². The minimum atomic E-state index is 0.0493. The second-order valence-electron chi connectivity index (χ2n) is 5.32. The average Bonchev–Trinajstić information content (AvgIpc) is 2.45. The van der Waals surface area contributed by atoms with Crippen molar-refractivity contribution < 1.29 is 9.53 Å². The van der Waals surface area contributed by atoms with Gasteiger partial charge in [-0.3, -0.25) is 4.79 Å². The summed E-state index contributed by atoms with van der Waals surface area (Å²) >= 11 is 0. The summed E-state index contributed by atoms with van der Waals surface area (Å²) in [5.41, 5.74) is 6.22. The van der Waals surface area contributed by atoms with Crippen LogP contribution in [0.15, 0.2) is 24.3 Å². The highest BCUT2D eigenvalue weighted by Crippen LogP contribution is 2.16. The van der Waals surface area contributed by atoms with E-state index in [4.69, 9.17) is 10.5 Å². The largest absolute Gasteiger partial charge is 0.492 e. The Balaban J connectivity index is 2.28. The maximum atomic E-state index is 11.7. The lowest BCUT2D eigenvalue weighted by molar-refractivity contribution is -0.116. The number of unbranched alkanes of at least 4 members (excludes halogenated alkanes) is 2. The van der Waals surface area contributed by atoms with E-state index >= 15 is 0 Å². The van der Waals surface area contributed by atoms with E-state index in [1.807, 2.05) is 38.4 Å². The number of carbonyl (C=O) groups excluding carboxylic acids is 1. The van der Waals surface area contributed by atoms with Crippen molar-refractivity contribution in [1.29, 1.82) is 0 Å². The Kier molecular flexibility index (Phi) is 8.47. The molecule has 0 atom stereocenters. The molecule has 0 saturated carbocycles. The third kappa shape index (κ3) is 8.32. The maximum absolute atomic E-state index is 11.7. The zero-order valence-corrected chi connectivity index (χ0v) is 13.1. The smallest absolute Gasteiger partial charge is 0.224 e. The second-order valence-corrected chi connectivity index (χ2v) is 5.32. The zero-order valence-electron chi connectivity index (χ0n) is 13.1. The van der Waals surface area contributed by atoms with Gasteiger partial charge < -0.3 is 20.7 Å². The summed E-state index contributed by atoms with van der Waals surface area (Å²) in [6.07, 6.45) is 3.41. The molecule has 21 heavy (non-hydrogen) atoms. The zero-order chi connectivity index (χ0) is 15.5. The number of nitrogens with one attached hydrogen (secondary N) is 1. The number of hydrogen-bond acceptors (Lipinski definition) is 4. The van der Waals surface area contributed by atoms with E-state index in [9.17, 15) is 4.79 Å². The Labute approximate surface area is 127 Å². The van der Waals surface area contributed by atoms with Crippen molar-refractivity contribution in [2.75, 3.05) is 39.1 Å². The highest BCUT2D eigenvalue weighted by molar-refractivity contribution is 5.90. The molecule has 3 N–H and O–H groups in total. The fraction of sp³-hybridized carbons (Fsp3) is 0.562. The van der Waals surface area contributed by atoms with Crippen LogP contribution in [0.5, 0.6) is 5.75 Å². The van der Waals surface area contributed by atoms with Gasteiger partial charge in [0.1, 0.15) is 12.4 Å². The van der Waals surface area contributed by atoms with E-state index in [1.165, 1.54) is 0 Å². The van der Waals surface area contributed by atoms with Crippen LogP contribution in [-0.2, 0) is 4.79 Å². The lowest BCUT2D eigenvalue weighted by Gasteiger charge is -2.11. The number of likely N-dealkylation sites (N-methyl/N-ethyl adjacent to an activating group) is 1. The van der Waals surface area contributed by atoms with Gasteiger partial charge in [-0.25, -0.2) is 0 Å². The fourth-order valence-electron chi connectivity index (χ4n) is 1.81. The van der Waals surface area contributed by atoms with Crippen molar-refractivity contribution >= 4 is 11.6 Å². The topological polar surface area (TPSA) is 67.6 Å². The molecule has 0 unspecified atom stereocenters. The second kappa shape index (κ2) is 10.2. The molecule has 0 aliphatic carbocycles. The number of anilines is 1. The van der Waals surface area contributed by atoms with Crippen LogP contribution in [0.2, 0.25) is 0 Å². The van der Waals surface area contributed by atoms with Crippen LogP contribution in [-0.4, -0.2) is 44.6 Å². The first-order chi connectivity index (χ1) is 10.1. The minimum Gasteiger partial charge on any atom is -0.492 e. The first-order valence-corrected chi connectivity index (χ1v) is 7.49. The molecule has 1 aromatic carbocycles. The van der Waals surface area contributed by atoms with Crippen LogP contribution in [0.1, 0.15) is 25.7 Å². The Morgan fingerprint density at radius 1 is 1.19 bits per heavy atom. The number of carbonyl (C=O) groups is 1. The first-order valence-electron chi connectivity index (χ1n) is 7.49.